The molecule has 0 aliphatic heterocycles. The fourth-order valence-electron chi connectivity index (χ4n) is 1.26. The molecule has 18 heavy (non-hydrogen) atoms. The molecule has 0 bridgehead atoms. The average molecular weight is 267 g/mol. The van der Waals surface area contributed by atoms with Gasteiger partial charge in [0.25, 0.3) is 5.70 Å². The van der Waals surface area contributed by atoms with E-state index in [-0.39, 0.29) is 5.70 Å². The van der Waals surface area contributed by atoms with E-state index < -0.39 is 14.8 Å². The van der Waals surface area contributed by atoms with Crippen LogP contribution >= 0.6 is 0 Å². The van der Waals surface area contributed by atoms with E-state index in [9.17, 15) is 18.5 Å². The quantitative estimate of drug-likeness (QED) is 0.476. The average Bonchev–Trinajstić information content (AvgIpc) is 2.24. The van der Waals surface area contributed by atoms with E-state index in [1.165, 1.54) is 6.08 Å². The number of nitro groups is 1. The van der Waals surface area contributed by atoms with Gasteiger partial charge in [-0.15, -0.1) is 0 Å². The zero-order valence-electron chi connectivity index (χ0n) is 10.0. The summed E-state index contributed by atoms with van der Waals surface area (Å²) < 4.78 is 21.9. The second kappa shape index (κ2) is 5.59. The molecular formula is C12H13NO4S. The van der Waals surface area contributed by atoms with Crippen molar-refractivity contribution < 1.29 is 13.3 Å². The highest BCUT2D eigenvalue weighted by atomic mass is 32.2. The van der Waals surface area contributed by atoms with Crippen molar-refractivity contribution in [2.45, 2.75) is 6.92 Å². The number of sulfone groups is 1. The lowest BCUT2D eigenvalue weighted by Gasteiger charge is -1.98. The summed E-state index contributed by atoms with van der Waals surface area (Å²) in [5, 5.41) is 11.6. The normalized spacial score (nSPS) is 12.9. The van der Waals surface area contributed by atoms with Gasteiger partial charge in [-0.3, -0.25) is 10.1 Å². The minimum atomic E-state index is -3.38. The molecule has 1 aromatic carbocycles. The topological polar surface area (TPSA) is 77.3 Å². The molecule has 6 heteroatoms. The van der Waals surface area contributed by atoms with Crippen molar-refractivity contribution in [3.8, 4) is 0 Å². The standard InChI is InChI=1S/C12H13NO4S/c1-10-5-3-4-6-11(10)9-12(13(14)15)7-8-18(2,16)17/h3-9H,1-2H3/b8-7-,12-9+. The van der Waals surface area contributed by atoms with Crippen LogP contribution in [0, 0.1) is 17.0 Å². The van der Waals surface area contributed by atoms with Crippen LogP contribution in [0.25, 0.3) is 6.08 Å². The maximum absolute atomic E-state index is 10.9. The van der Waals surface area contributed by atoms with Crippen molar-refractivity contribution >= 4 is 15.9 Å². The van der Waals surface area contributed by atoms with Crippen molar-refractivity contribution in [3.63, 3.8) is 0 Å². The molecule has 0 atom stereocenters. The Bertz CT molecular complexity index is 615. The van der Waals surface area contributed by atoms with Gasteiger partial charge in [-0.25, -0.2) is 8.42 Å². The summed E-state index contributed by atoms with van der Waals surface area (Å²) in [5.74, 6) is 0. The molecule has 0 fully saturated rings. The summed E-state index contributed by atoms with van der Waals surface area (Å²) in [6.45, 7) is 1.82. The van der Waals surface area contributed by atoms with Gasteiger partial charge in [0, 0.05) is 23.8 Å². The Hall–Kier alpha value is -1.95. The Balaban J connectivity index is 3.19. The van der Waals surface area contributed by atoms with Crippen LogP contribution in [0.1, 0.15) is 11.1 Å². The van der Waals surface area contributed by atoms with Crippen LogP contribution in [0.15, 0.2) is 41.4 Å². The number of rotatable bonds is 4. The first kappa shape index (κ1) is 14.1. The Morgan fingerprint density at radius 3 is 2.44 bits per heavy atom. The first-order valence-corrected chi connectivity index (χ1v) is 7.05. The minimum Gasteiger partial charge on any atom is -0.258 e. The molecule has 0 unspecified atom stereocenters. The van der Waals surface area contributed by atoms with Gasteiger partial charge in [0.2, 0.25) is 0 Å². The molecule has 1 rings (SSSR count). The predicted molar refractivity (Wildman–Crippen MR) is 70.1 cm³/mol. The van der Waals surface area contributed by atoms with E-state index in [0.717, 1.165) is 23.3 Å². The van der Waals surface area contributed by atoms with Crippen molar-refractivity contribution in [2.75, 3.05) is 6.26 Å². The number of hydrogen-bond acceptors (Lipinski definition) is 4. The van der Waals surface area contributed by atoms with Crippen LogP contribution in [0.3, 0.4) is 0 Å². The fraction of sp³-hybridized carbons (Fsp3) is 0.167. The van der Waals surface area contributed by atoms with Gasteiger partial charge in [-0.2, -0.15) is 0 Å². The van der Waals surface area contributed by atoms with E-state index in [1.54, 1.807) is 12.1 Å². The van der Waals surface area contributed by atoms with Gasteiger partial charge < -0.3 is 0 Å². The lowest BCUT2D eigenvalue weighted by atomic mass is 10.1. The Morgan fingerprint density at radius 1 is 1.33 bits per heavy atom. The van der Waals surface area contributed by atoms with E-state index in [4.69, 9.17) is 0 Å². The molecular weight excluding hydrogens is 254 g/mol. The maximum Gasteiger partial charge on any atom is 0.270 e. The largest absolute Gasteiger partial charge is 0.270 e. The fourth-order valence-corrected chi connectivity index (χ4v) is 1.65. The highest BCUT2D eigenvalue weighted by Gasteiger charge is 2.08. The number of allylic oxidation sites excluding steroid dienone is 1. The van der Waals surface area contributed by atoms with E-state index in [2.05, 4.69) is 0 Å². The second-order valence-corrected chi connectivity index (χ2v) is 5.75. The summed E-state index contributed by atoms with van der Waals surface area (Å²) in [6, 6.07) is 7.14. The second-order valence-electron chi connectivity index (χ2n) is 3.82. The smallest absolute Gasteiger partial charge is 0.258 e. The Kier molecular flexibility index (Phi) is 4.38. The number of hydrogen-bond donors (Lipinski definition) is 0. The van der Waals surface area contributed by atoms with E-state index in [1.807, 2.05) is 19.1 Å². The Labute approximate surface area is 106 Å². The summed E-state index contributed by atoms with van der Waals surface area (Å²) in [4.78, 5) is 10.2. The first-order valence-electron chi connectivity index (χ1n) is 5.09. The van der Waals surface area contributed by atoms with Crippen LogP contribution in [0.5, 0.6) is 0 Å². The summed E-state index contributed by atoms with van der Waals surface area (Å²) in [5.41, 5.74) is 1.29. The molecule has 0 radical (unpaired) electrons. The van der Waals surface area contributed by atoms with E-state index >= 15 is 0 Å². The van der Waals surface area contributed by atoms with Crippen molar-refractivity contribution in [1.82, 2.24) is 0 Å². The molecule has 0 aliphatic carbocycles. The molecule has 0 saturated heterocycles. The van der Waals surface area contributed by atoms with Crippen LogP contribution in [0.4, 0.5) is 0 Å². The first-order chi connectivity index (χ1) is 8.29. The molecule has 0 N–H and O–H groups in total. The van der Waals surface area contributed by atoms with Crippen LogP contribution in [-0.4, -0.2) is 19.6 Å². The molecule has 0 amide bonds. The summed E-state index contributed by atoms with van der Waals surface area (Å²) >= 11 is 0. The van der Waals surface area contributed by atoms with Gasteiger partial charge in [0.05, 0.1) is 4.92 Å². The van der Waals surface area contributed by atoms with E-state index in [0.29, 0.717) is 5.56 Å². The van der Waals surface area contributed by atoms with Gasteiger partial charge in [-0.05, 0) is 18.1 Å². The SMILES string of the molecule is Cc1ccccc1/C=C(\C=C/S(C)(=O)=O)[N+](=O)[O-]. The van der Waals surface area contributed by atoms with Crippen molar-refractivity contribution in [3.05, 3.63) is 62.7 Å². The predicted octanol–water partition coefficient (Wildman–Crippen LogP) is 2.17. The summed E-state index contributed by atoms with van der Waals surface area (Å²) in [7, 11) is -3.38. The van der Waals surface area contributed by atoms with Gasteiger partial charge >= 0.3 is 0 Å². The third kappa shape index (κ3) is 4.50. The highest BCUT2D eigenvalue weighted by Crippen LogP contribution is 2.13. The van der Waals surface area contributed by atoms with Gasteiger partial charge in [0.15, 0.2) is 9.84 Å². The van der Waals surface area contributed by atoms with Crippen LogP contribution < -0.4 is 0 Å². The molecule has 0 heterocycles. The van der Waals surface area contributed by atoms with Crippen molar-refractivity contribution in [1.29, 1.82) is 0 Å². The maximum atomic E-state index is 10.9. The highest BCUT2D eigenvalue weighted by molar-refractivity contribution is 7.93. The minimum absolute atomic E-state index is 0.269. The van der Waals surface area contributed by atoms with Gasteiger partial charge in [0.1, 0.15) is 0 Å². The van der Waals surface area contributed by atoms with Crippen LogP contribution in [-0.2, 0) is 9.84 Å². The summed E-state index contributed by atoms with van der Waals surface area (Å²) in [6.07, 6.45) is 3.31. The molecule has 0 aromatic heterocycles. The molecule has 0 spiro atoms. The molecule has 0 saturated carbocycles. The molecule has 0 aliphatic rings. The zero-order chi connectivity index (χ0) is 13.8. The molecule has 1 aromatic rings. The monoisotopic (exact) mass is 267 g/mol. The third-order valence-corrected chi connectivity index (χ3v) is 2.82. The molecule has 5 nitrogen and oxygen atoms in total. The Morgan fingerprint density at radius 2 is 1.94 bits per heavy atom. The number of benzene rings is 1. The van der Waals surface area contributed by atoms with Crippen molar-refractivity contribution in [2.24, 2.45) is 0 Å². The molecule has 96 valence electrons. The zero-order valence-corrected chi connectivity index (χ0v) is 10.8. The lowest BCUT2D eigenvalue weighted by Crippen LogP contribution is -1.97. The number of nitrogens with zero attached hydrogens (tertiary/aromatic N) is 1. The number of aryl methyl sites for hydroxylation is 1. The van der Waals surface area contributed by atoms with Gasteiger partial charge in [-0.1, -0.05) is 24.3 Å². The third-order valence-electron chi connectivity index (χ3n) is 2.19. The van der Waals surface area contributed by atoms with Crippen LogP contribution in [0.2, 0.25) is 0 Å². The lowest BCUT2D eigenvalue weighted by molar-refractivity contribution is -0.417.